The molecule has 0 aliphatic rings. The molecule has 0 aliphatic heterocycles. The van der Waals surface area contributed by atoms with E-state index in [2.05, 4.69) is 15.6 Å². The van der Waals surface area contributed by atoms with E-state index >= 15 is 0 Å². The average molecular weight is 363 g/mol. The lowest BCUT2D eigenvalue weighted by Gasteiger charge is -2.19. The molecule has 0 radical (unpaired) electrons. The Kier molecular flexibility index (Phi) is 10.2. The lowest BCUT2D eigenvalue weighted by atomic mass is 10.2. The molecule has 0 unspecified atom stereocenters. The number of hydrogen-bond donors (Lipinski definition) is 2. The van der Waals surface area contributed by atoms with Gasteiger partial charge in [0.15, 0.2) is 5.96 Å². The Hall–Kier alpha value is -2.24. The molecule has 0 saturated carbocycles. The molecule has 6 nitrogen and oxygen atoms in total. The molecule has 6 heteroatoms. The Morgan fingerprint density at radius 3 is 2.54 bits per heavy atom. The minimum absolute atomic E-state index is 0.149. The molecule has 0 heterocycles. The maximum Gasteiger partial charge on any atom is 0.224 e. The van der Waals surface area contributed by atoms with Gasteiger partial charge >= 0.3 is 0 Å². The van der Waals surface area contributed by atoms with Gasteiger partial charge in [-0.2, -0.15) is 0 Å². The van der Waals surface area contributed by atoms with Gasteiger partial charge in [-0.25, -0.2) is 4.99 Å². The number of ether oxygens (including phenoxy) is 1. The predicted molar refractivity (Wildman–Crippen MR) is 108 cm³/mol. The molecule has 146 valence electrons. The minimum Gasteiger partial charge on any atom is -0.491 e. The number of benzene rings is 1. The summed E-state index contributed by atoms with van der Waals surface area (Å²) >= 11 is 0. The molecule has 1 aromatic rings. The summed E-state index contributed by atoms with van der Waals surface area (Å²) in [5.74, 6) is 1.74. The van der Waals surface area contributed by atoms with Gasteiger partial charge in [-0.15, -0.1) is 0 Å². The van der Waals surface area contributed by atoms with Gasteiger partial charge in [0.2, 0.25) is 5.91 Å². The van der Waals surface area contributed by atoms with E-state index in [0.717, 1.165) is 36.9 Å². The van der Waals surface area contributed by atoms with Gasteiger partial charge in [-0.3, -0.25) is 4.79 Å². The van der Waals surface area contributed by atoms with Crippen molar-refractivity contribution in [3.05, 3.63) is 29.8 Å². The molecule has 1 amide bonds. The van der Waals surface area contributed by atoms with Crippen LogP contribution in [-0.2, 0) is 11.3 Å². The molecule has 1 aromatic carbocycles. The third-order valence-electron chi connectivity index (χ3n) is 3.78. The van der Waals surface area contributed by atoms with Crippen molar-refractivity contribution in [2.45, 2.75) is 53.7 Å². The highest BCUT2D eigenvalue weighted by atomic mass is 16.5. The molecule has 2 N–H and O–H groups in total. The fourth-order valence-electron chi connectivity index (χ4n) is 2.52. The van der Waals surface area contributed by atoms with Crippen LogP contribution in [0.1, 0.15) is 46.6 Å². The van der Waals surface area contributed by atoms with Crippen molar-refractivity contribution in [3.8, 4) is 5.75 Å². The molecular weight excluding hydrogens is 328 g/mol. The van der Waals surface area contributed by atoms with Crippen LogP contribution in [0.4, 0.5) is 0 Å². The number of carbonyl (C=O) groups excluding carboxylic acids is 1. The molecule has 1 rings (SSSR count). The predicted octanol–water partition coefficient (Wildman–Crippen LogP) is 2.79. The SMILES string of the molecule is CCNC(=NCc1cccc(OC(C)C)c1)NCCC(=O)N(CC)CC. The van der Waals surface area contributed by atoms with E-state index in [-0.39, 0.29) is 12.0 Å². The Morgan fingerprint density at radius 1 is 1.19 bits per heavy atom. The number of aliphatic imine (C=N–C) groups is 1. The molecule has 0 spiro atoms. The number of guanidine groups is 1. The fourth-order valence-corrected chi connectivity index (χ4v) is 2.52. The standard InChI is InChI=1S/C20H34N4O2/c1-6-21-20(22-13-12-19(25)24(7-2)8-3)23-15-17-10-9-11-18(14-17)26-16(4)5/h9-11,14,16H,6-8,12-13,15H2,1-5H3,(H2,21,22,23). The van der Waals surface area contributed by atoms with Crippen LogP contribution in [0.2, 0.25) is 0 Å². The van der Waals surface area contributed by atoms with E-state index in [9.17, 15) is 4.79 Å². The van der Waals surface area contributed by atoms with Crippen LogP contribution in [0.25, 0.3) is 0 Å². The highest BCUT2D eigenvalue weighted by molar-refractivity contribution is 5.81. The first-order chi connectivity index (χ1) is 12.5. The molecule has 26 heavy (non-hydrogen) atoms. The third-order valence-corrected chi connectivity index (χ3v) is 3.78. The largest absolute Gasteiger partial charge is 0.491 e. The summed E-state index contributed by atoms with van der Waals surface area (Å²) in [6.45, 7) is 13.4. The molecule has 0 atom stereocenters. The summed E-state index contributed by atoms with van der Waals surface area (Å²) in [7, 11) is 0. The monoisotopic (exact) mass is 362 g/mol. The highest BCUT2D eigenvalue weighted by Crippen LogP contribution is 2.15. The summed E-state index contributed by atoms with van der Waals surface area (Å²) in [6.07, 6.45) is 0.611. The normalized spacial score (nSPS) is 11.4. The number of rotatable bonds is 10. The summed E-state index contributed by atoms with van der Waals surface area (Å²) in [4.78, 5) is 18.5. The van der Waals surface area contributed by atoms with Gasteiger partial charge in [0.1, 0.15) is 5.75 Å². The molecule has 0 aliphatic carbocycles. The van der Waals surface area contributed by atoms with Gasteiger partial charge in [0.05, 0.1) is 12.6 Å². The van der Waals surface area contributed by atoms with Crippen molar-refractivity contribution in [1.29, 1.82) is 0 Å². The van der Waals surface area contributed by atoms with Crippen molar-refractivity contribution >= 4 is 11.9 Å². The van der Waals surface area contributed by atoms with Crippen LogP contribution in [0, 0.1) is 0 Å². The quantitative estimate of drug-likeness (QED) is 0.496. The number of nitrogens with zero attached hydrogens (tertiary/aromatic N) is 2. The van der Waals surface area contributed by atoms with Gasteiger partial charge in [-0.1, -0.05) is 12.1 Å². The molecular formula is C20H34N4O2. The van der Waals surface area contributed by atoms with E-state index in [1.54, 1.807) is 0 Å². The smallest absolute Gasteiger partial charge is 0.224 e. The van der Waals surface area contributed by atoms with Crippen LogP contribution in [-0.4, -0.2) is 49.0 Å². The zero-order chi connectivity index (χ0) is 19.4. The Balaban J connectivity index is 2.59. The first-order valence-corrected chi connectivity index (χ1v) is 9.55. The number of nitrogens with one attached hydrogen (secondary N) is 2. The highest BCUT2D eigenvalue weighted by Gasteiger charge is 2.09. The van der Waals surface area contributed by atoms with Crippen molar-refractivity contribution in [3.63, 3.8) is 0 Å². The van der Waals surface area contributed by atoms with Crippen LogP contribution >= 0.6 is 0 Å². The zero-order valence-electron chi connectivity index (χ0n) is 16.8. The maximum atomic E-state index is 12.1. The number of amides is 1. The van der Waals surface area contributed by atoms with E-state index in [4.69, 9.17) is 4.74 Å². The van der Waals surface area contributed by atoms with Crippen LogP contribution in [0.3, 0.4) is 0 Å². The van der Waals surface area contributed by atoms with E-state index in [0.29, 0.717) is 19.5 Å². The number of carbonyl (C=O) groups is 1. The minimum atomic E-state index is 0.149. The second kappa shape index (κ2) is 12.2. The van der Waals surface area contributed by atoms with Crippen LogP contribution in [0.15, 0.2) is 29.3 Å². The third kappa shape index (κ3) is 8.23. The molecule has 0 bridgehead atoms. The van der Waals surface area contributed by atoms with Crippen molar-refractivity contribution < 1.29 is 9.53 Å². The molecule has 0 fully saturated rings. The Bertz CT molecular complexity index is 569. The van der Waals surface area contributed by atoms with Crippen molar-refractivity contribution in [2.24, 2.45) is 4.99 Å². The zero-order valence-corrected chi connectivity index (χ0v) is 16.8. The summed E-state index contributed by atoms with van der Waals surface area (Å²) in [6, 6.07) is 7.97. The van der Waals surface area contributed by atoms with Crippen LogP contribution in [0.5, 0.6) is 5.75 Å². The van der Waals surface area contributed by atoms with Crippen molar-refractivity contribution in [2.75, 3.05) is 26.2 Å². The summed E-state index contributed by atoms with van der Waals surface area (Å²) < 4.78 is 5.72. The first-order valence-electron chi connectivity index (χ1n) is 9.55. The van der Waals surface area contributed by atoms with Crippen LogP contribution < -0.4 is 15.4 Å². The van der Waals surface area contributed by atoms with Gasteiger partial charge in [0.25, 0.3) is 0 Å². The Morgan fingerprint density at radius 2 is 1.92 bits per heavy atom. The summed E-state index contributed by atoms with van der Waals surface area (Å²) in [5.41, 5.74) is 1.08. The lowest BCUT2D eigenvalue weighted by molar-refractivity contribution is -0.130. The fraction of sp³-hybridized carbons (Fsp3) is 0.600. The number of hydrogen-bond acceptors (Lipinski definition) is 3. The lowest BCUT2D eigenvalue weighted by Crippen LogP contribution is -2.40. The van der Waals surface area contributed by atoms with E-state index in [1.165, 1.54) is 0 Å². The topological polar surface area (TPSA) is 66.0 Å². The van der Waals surface area contributed by atoms with E-state index < -0.39 is 0 Å². The Labute approximate surface area is 158 Å². The van der Waals surface area contributed by atoms with Crippen molar-refractivity contribution in [1.82, 2.24) is 15.5 Å². The van der Waals surface area contributed by atoms with E-state index in [1.807, 2.05) is 63.8 Å². The van der Waals surface area contributed by atoms with Gasteiger partial charge in [-0.05, 0) is 52.3 Å². The maximum absolute atomic E-state index is 12.1. The first kappa shape index (κ1) is 21.8. The molecule has 0 saturated heterocycles. The molecule has 0 aromatic heterocycles. The van der Waals surface area contributed by atoms with Gasteiger partial charge in [0, 0.05) is 32.6 Å². The second-order valence-electron chi connectivity index (χ2n) is 6.25. The van der Waals surface area contributed by atoms with Gasteiger partial charge < -0.3 is 20.3 Å². The summed E-state index contributed by atoms with van der Waals surface area (Å²) in [5, 5.41) is 6.45. The average Bonchev–Trinajstić information content (AvgIpc) is 2.60. The second-order valence-corrected chi connectivity index (χ2v) is 6.25.